The van der Waals surface area contributed by atoms with Gasteiger partial charge in [-0.05, 0) is 24.3 Å². The first-order chi connectivity index (χ1) is 11.4. The molecule has 0 radical (unpaired) electrons. The Morgan fingerprint density at radius 2 is 2.04 bits per heavy atom. The van der Waals surface area contributed by atoms with Gasteiger partial charge in [0.2, 0.25) is 0 Å². The fourth-order valence-electron chi connectivity index (χ4n) is 2.23. The molecule has 0 bridgehead atoms. The SMILES string of the molecule is O=Cc1cc2c(cn1)c(Nc1cccc(F)c1)nn2CC(F)(F)F. The smallest absolute Gasteiger partial charge is 0.338 e. The first-order valence-corrected chi connectivity index (χ1v) is 6.77. The average Bonchev–Trinajstić information content (AvgIpc) is 2.82. The predicted octanol–water partition coefficient (Wildman–Crippen LogP) is 3.69. The van der Waals surface area contributed by atoms with E-state index < -0.39 is 18.5 Å². The number of fused-ring (bicyclic) bond motifs is 1. The molecular formula is C15H10F4N4O. The van der Waals surface area contributed by atoms with E-state index in [0.717, 1.165) is 4.68 Å². The van der Waals surface area contributed by atoms with Crippen molar-refractivity contribution in [1.82, 2.24) is 14.8 Å². The number of nitrogens with zero attached hydrogens (tertiary/aromatic N) is 3. The molecule has 124 valence electrons. The molecule has 1 N–H and O–H groups in total. The van der Waals surface area contributed by atoms with E-state index in [1.54, 1.807) is 6.07 Å². The summed E-state index contributed by atoms with van der Waals surface area (Å²) < 4.78 is 52.1. The number of halogens is 4. The zero-order chi connectivity index (χ0) is 17.3. The average molecular weight is 338 g/mol. The van der Waals surface area contributed by atoms with Crippen LogP contribution in [0.25, 0.3) is 10.9 Å². The topological polar surface area (TPSA) is 59.8 Å². The second-order valence-electron chi connectivity index (χ2n) is 5.00. The van der Waals surface area contributed by atoms with Gasteiger partial charge in [-0.15, -0.1) is 0 Å². The van der Waals surface area contributed by atoms with Gasteiger partial charge in [-0.1, -0.05) is 6.07 Å². The number of aldehydes is 1. The van der Waals surface area contributed by atoms with Crippen molar-refractivity contribution in [3.05, 3.63) is 48.0 Å². The maximum Gasteiger partial charge on any atom is 0.408 e. The van der Waals surface area contributed by atoms with Crippen LogP contribution in [0.15, 0.2) is 36.5 Å². The highest BCUT2D eigenvalue weighted by Gasteiger charge is 2.30. The van der Waals surface area contributed by atoms with Crippen LogP contribution in [-0.4, -0.2) is 27.2 Å². The van der Waals surface area contributed by atoms with E-state index in [9.17, 15) is 22.4 Å². The lowest BCUT2D eigenvalue weighted by atomic mass is 10.2. The van der Waals surface area contributed by atoms with Crippen molar-refractivity contribution >= 4 is 28.7 Å². The van der Waals surface area contributed by atoms with E-state index in [4.69, 9.17) is 0 Å². The molecule has 2 heterocycles. The summed E-state index contributed by atoms with van der Waals surface area (Å²) in [4.78, 5) is 14.6. The first kappa shape index (κ1) is 15.9. The van der Waals surface area contributed by atoms with Crippen molar-refractivity contribution in [1.29, 1.82) is 0 Å². The lowest BCUT2D eigenvalue weighted by molar-refractivity contribution is -0.141. The van der Waals surface area contributed by atoms with Crippen LogP contribution < -0.4 is 5.32 Å². The molecule has 24 heavy (non-hydrogen) atoms. The summed E-state index contributed by atoms with van der Waals surface area (Å²) >= 11 is 0. The molecule has 0 aliphatic heterocycles. The minimum Gasteiger partial charge on any atom is -0.338 e. The summed E-state index contributed by atoms with van der Waals surface area (Å²) in [6.07, 6.45) is -2.80. The highest BCUT2D eigenvalue weighted by Crippen LogP contribution is 2.28. The van der Waals surface area contributed by atoms with E-state index in [1.165, 1.54) is 30.5 Å². The van der Waals surface area contributed by atoms with Crippen LogP contribution in [0.3, 0.4) is 0 Å². The summed E-state index contributed by atoms with van der Waals surface area (Å²) in [6, 6.07) is 6.64. The van der Waals surface area contributed by atoms with Crippen LogP contribution in [0.5, 0.6) is 0 Å². The van der Waals surface area contributed by atoms with Gasteiger partial charge in [0.05, 0.1) is 10.9 Å². The fraction of sp³-hybridized carbons (Fsp3) is 0.133. The van der Waals surface area contributed by atoms with Crippen LogP contribution in [0, 0.1) is 5.82 Å². The number of rotatable bonds is 4. The Morgan fingerprint density at radius 3 is 2.71 bits per heavy atom. The maximum atomic E-state index is 13.2. The molecular weight excluding hydrogens is 328 g/mol. The van der Waals surface area contributed by atoms with Crippen LogP contribution in [-0.2, 0) is 6.54 Å². The minimum atomic E-state index is -4.49. The number of hydrogen-bond acceptors (Lipinski definition) is 4. The number of carbonyl (C=O) groups is 1. The Balaban J connectivity index is 2.08. The summed E-state index contributed by atoms with van der Waals surface area (Å²) in [7, 11) is 0. The molecule has 2 aromatic heterocycles. The molecule has 0 saturated carbocycles. The number of hydrogen-bond donors (Lipinski definition) is 1. The molecule has 1 aromatic carbocycles. The lowest BCUT2D eigenvalue weighted by Gasteiger charge is -2.07. The number of anilines is 2. The van der Waals surface area contributed by atoms with Crippen molar-refractivity contribution in [2.24, 2.45) is 0 Å². The summed E-state index contributed by atoms with van der Waals surface area (Å²) in [5, 5.41) is 6.93. The van der Waals surface area contributed by atoms with Gasteiger partial charge in [0.25, 0.3) is 0 Å². The standard InChI is InChI=1S/C15H10F4N4O/c16-9-2-1-3-10(4-9)21-14-12-6-20-11(7-24)5-13(12)23(22-14)8-15(17,18)19/h1-7H,8H2,(H,21,22). The molecule has 0 unspecified atom stereocenters. The molecule has 0 aliphatic rings. The number of pyridine rings is 1. The Hall–Kier alpha value is -2.97. The van der Waals surface area contributed by atoms with Crippen molar-refractivity contribution in [2.75, 3.05) is 5.32 Å². The van der Waals surface area contributed by atoms with Gasteiger partial charge in [0.1, 0.15) is 18.1 Å². The maximum absolute atomic E-state index is 13.2. The summed E-state index contributed by atoms with van der Waals surface area (Å²) in [5.74, 6) is -0.412. The molecule has 3 rings (SSSR count). The Bertz CT molecular complexity index is 904. The quantitative estimate of drug-likeness (QED) is 0.582. The number of aromatic nitrogens is 3. The summed E-state index contributed by atoms with van der Waals surface area (Å²) in [6.45, 7) is -1.32. The van der Waals surface area contributed by atoms with Gasteiger partial charge in [0, 0.05) is 11.9 Å². The molecule has 0 amide bonds. The van der Waals surface area contributed by atoms with E-state index in [2.05, 4.69) is 15.4 Å². The van der Waals surface area contributed by atoms with E-state index in [-0.39, 0.29) is 22.4 Å². The first-order valence-electron chi connectivity index (χ1n) is 6.77. The third-order valence-corrected chi connectivity index (χ3v) is 3.19. The second-order valence-corrected chi connectivity index (χ2v) is 5.00. The van der Waals surface area contributed by atoms with Crippen molar-refractivity contribution < 1.29 is 22.4 Å². The zero-order valence-corrected chi connectivity index (χ0v) is 12.0. The lowest BCUT2D eigenvalue weighted by Crippen LogP contribution is -2.18. The van der Waals surface area contributed by atoms with Crippen LogP contribution in [0.2, 0.25) is 0 Å². The molecule has 0 atom stereocenters. The largest absolute Gasteiger partial charge is 0.408 e. The molecule has 3 aromatic rings. The van der Waals surface area contributed by atoms with Gasteiger partial charge >= 0.3 is 6.18 Å². The van der Waals surface area contributed by atoms with E-state index in [0.29, 0.717) is 12.0 Å². The Morgan fingerprint density at radius 1 is 1.25 bits per heavy atom. The van der Waals surface area contributed by atoms with Crippen LogP contribution >= 0.6 is 0 Å². The highest BCUT2D eigenvalue weighted by atomic mass is 19.4. The van der Waals surface area contributed by atoms with Gasteiger partial charge in [0.15, 0.2) is 12.1 Å². The summed E-state index contributed by atoms with van der Waals surface area (Å²) in [5.41, 5.74) is 0.416. The number of benzene rings is 1. The molecule has 5 nitrogen and oxygen atoms in total. The normalized spacial score (nSPS) is 11.7. The Labute approximate surface area is 132 Å². The third kappa shape index (κ3) is 3.34. The predicted molar refractivity (Wildman–Crippen MR) is 78.7 cm³/mol. The number of carbonyl (C=O) groups excluding carboxylic acids is 1. The van der Waals surface area contributed by atoms with Crippen molar-refractivity contribution in [2.45, 2.75) is 12.7 Å². The van der Waals surface area contributed by atoms with Crippen LogP contribution in [0.4, 0.5) is 29.1 Å². The zero-order valence-electron chi connectivity index (χ0n) is 12.0. The van der Waals surface area contributed by atoms with Gasteiger partial charge in [-0.25, -0.2) is 4.39 Å². The fourth-order valence-corrected chi connectivity index (χ4v) is 2.23. The van der Waals surface area contributed by atoms with E-state index in [1.807, 2.05) is 0 Å². The molecule has 0 aliphatic carbocycles. The number of nitrogens with one attached hydrogen (secondary N) is 1. The van der Waals surface area contributed by atoms with Gasteiger partial charge < -0.3 is 5.32 Å². The van der Waals surface area contributed by atoms with Crippen molar-refractivity contribution in [3.63, 3.8) is 0 Å². The molecule has 0 saturated heterocycles. The second kappa shape index (κ2) is 5.91. The van der Waals surface area contributed by atoms with Gasteiger partial charge in [-0.3, -0.25) is 14.5 Å². The molecule has 0 fully saturated rings. The van der Waals surface area contributed by atoms with Crippen LogP contribution in [0.1, 0.15) is 10.5 Å². The highest BCUT2D eigenvalue weighted by molar-refractivity contribution is 5.93. The molecule has 9 heteroatoms. The monoisotopic (exact) mass is 338 g/mol. The molecule has 0 spiro atoms. The minimum absolute atomic E-state index is 0.0110. The van der Waals surface area contributed by atoms with Crippen molar-refractivity contribution in [3.8, 4) is 0 Å². The van der Waals surface area contributed by atoms with Gasteiger partial charge in [-0.2, -0.15) is 18.3 Å². The number of alkyl halides is 3. The Kier molecular flexibility index (Phi) is 3.92. The third-order valence-electron chi connectivity index (χ3n) is 3.19. The van der Waals surface area contributed by atoms with E-state index >= 15 is 0 Å².